The molecule has 0 spiro atoms. The molecule has 1 heterocycles. The average molecular weight is 253 g/mol. The van der Waals surface area contributed by atoms with Gasteiger partial charge in [-0.3, -0.25) is 4.79 Å². The number of nitrogens with one attached hydrogen (secondary N) is 1. The van der Waals surface area contributed by atoms with Crippen molar-refractivity contribution in [1.29, 1.82) is 0 Å². The van der Waals surface area contributed by atoms with E-state index < -0.39 is 11.5 Å². The number of rotatable bonds is 5. The van der Waals surface area contributed by atoms with Crippen molar-refractivity contribution in [3.8, 4) is 0 Å². The number of hydrogen-bond acceptors (Lipinski definition) is 3. The summed E-state index contributed by atoms with van der Waals surface area (Å²) in [5.41, 5.74) is -0.177. The molecule has 17 heavy (non-hydrogen) atoms. The molecule has 0 aliphatic heterocycles. The molecule has 5 heteroatoms. The van der Waals surface area contributed by atoms with E-state index in [-0.39, 0.29) is 18.2 Å². The van der Waals surface area contributed by atoms with Gasteiger partial charge in [0, 0.05) is 0 Å². The third-order valence-electron chi connectivity index (χ3n) is 3.18. The van der Waals surface area contributed by atoms with Crippen molar-refractivity contribution in [2.45, 2.75) is 31.7 Å². The molecule has 0 saturated heterocycles. The lowest BCUT2D eigenvalue weighted by Gasteiger charge is -2.26. The third kappa shape index (κ3) is 2.66. The molecule has 2 N–H and O–H groups in total. The van der Waals surface area contributed by atoms with Gasteiger partial charge >= 0.3 is 5.97 Å². The second-order valence-electron chi connectivity index (χ2n) is 4.64. The van der Waals surface area contributed by atoms with Crippen LogP contribution < -0.4 is 5.32 Å². The minimum Gasteiger partial charge on any atom is -0.480 e. The number of hydrogen-bond donors (Lipinski definition) is 2. The topological polar surface area (TPSA) is 66.4 Å². The van der Waals surface area contributed by atoms with Gasteiger partial charge in [-0.05, 0) is 48.1 Å². The van der Waals surface area contributed by atoms with Crippen LogP contribution in [0.1, 0.15) is 25.3 Å². The van der Waals surface area contributed by atoms with Crippen LogP contribution in [0.25, 0.3) is 0 Å². The first-order valence-corrected chi connectivity index (χ1v) is 6.52. The van der Waals surface area contributed by atoms with Gasteiger partial charge in [0.1, 0.15) is 5.54 Å². The predicted molar refractivity (Wildman–Crippen MR) is 64.9 cm³/mol. The maximum Gasteiger partial charge on any atom is 0.329 e. The van der Waals surface area contributed by atoms with Gasteiger partial charge in [-0.25, -0.2) is 4.79 Å². The average Bonchev–Trinajstić information content (AvgIpc) is 2.99. The van der Waals surface area contributed by atoms with E-state index in [0.29, 0.717) is 0 Å². The minimum absolute atomic E-state index is 0.0754. The number of amides is 1. The molecule has 1 aliphatic carbocycles. The summed E-state index contributed by atoms with van der Waals surface area (Å²) in [6, 6.07) is 1.87. The Morgan fingerprint density at radius 1 is 1.59 bits per heavy atom. The first-order chi connectivity index (χ1) is 8.02. The fourth-order valence-electron chi connectivity index (χ4n) is 1.90. The van der Waals surface area contributed by atoms with Crippen molar-refractivity contribution in [1.82, 2.24) is 5.32 Å². The molecular weight excluding hydrogens is 238 g/mol. The van der Waals surface area contributed by atoms with Gasteiger partial charge in [0.05, 0.1) is 6.42 Å². The minimum atomic E-state index is -1.10. The normalized spacial score (nSPS) is 18.4. The van der Waals surface area contributed by atoms with Crippen molar-refractivity contribution in [3.05, 3.63) is 22.4 Å². The molecule has 0 bridgehead atoms. The maximum atomic E-state index is 11.8. The van der Waals surface area contributed by atoms with E-state index in [2.05, 4.69) is 5.32 Å². The van der Waals surface area contributed by atoms with Crippen LogP contribution in [0, 0.1) is 5.92 Å². The number of thiophene rings is 1. The standard InChI is InChI=1S/C12H15NO3S/c1-12(11(15)16,9-2-3-9)13-10(14)6-8-4-5-17-7-8/h4-5,7,9H,2-3,6H2,1H3,(H,13,14)(H,15,16). The van der Waals surface area contributed by atoms with Crippen LogP contribution in [0.2, 0.25) is 0 Å². The van der Waals surface area contributed by atoms with Gasteiger partial charge in [-0.2, -0.15) is 11.3 Å². The summed E-state index contributed by atoms with van der Waals surface area (Å²) in [5, 5.41) is 15.7. The predicted octanol–water partition coefficient (Wildman–Crippen LogP) is 1.66. The van der Waals surface area contributed by atoms with Crippen LogP contribution in [0.15, 0.2) is 16.8 Å². The van der Waals surface area contributed by atoms with Gasteiger partial charge in [-0.1, -0.05) is 0 Å². The lowest BCUT2D eigenvalue weighted by Crippen LogP contribution is -2.54. The summed E-state index contributed by atoms with van der Waals surface area (Å²) in [5.74, 6) is -1.09. The van der Waals surface area contributed by atoms with Crippen LogP contribution >= 0.6 is 11.3 Å². The molecule has 1 atom stereocenters. The highest BCUT2D eigenvalue weighted by atomic mass is 32.1. The Bertz CT molecular complexity index is 425. The van der Waals surface area contributed by atoms with Crippen LogP contribution in [0.3, 0.4) is 0 Å². The molecule has 1 unspecified atom stereocenters. The summed E-state index contributed by atoms with van der Waals surface area (Å²) in [6.45, 7) is 1.60. The highest BCUT2D eigenvalue weighted by Crippen LogP contribution is 2.39. The molecule has 1 aliphatic rings. The highest BCUT2D eigenvalue weighted by molar-refractivity contribution is 7.07. The van der Waals surface area contributed by atoms with Crippen molar-refractivity contribution >= 4 is 23.2 Å². The summed E-state index contributed by atoms with van der Waals surface area (Å²) < 4.78 is 0. The second-order valence-corrected chi connectivity index (χ2v) is 5.42. The smallest absolute Gasteiger partial charge is 0.329 e. The zero-order valence-electron chi connectivity index (χ0n) is 9.60. The van der Waals surface area contributed by atoms with Gasteiger partial charge in [0.15, 0.2) is 0 Å². The largest absolute Gasteiger partial charge is 0.480 e. The van der Waals surface area contributed by atoms with Gasteiger partial charge in [0.2, 0.25) is 5.91 Å². The SMILES string of the molecule is CC(NC(=O)Cc1ccsc1)(C(=O)O)C1CC1. The summed E-state index contributed by atoms with van der Waals surface area (Å²) in [7, 11) is 0. The molecule has 4 nitrogen and oxygen atoms in total. The van der Waals surface area contributed by atoms with Gasteiger partial charge < -0.3 is 10.4 Å². The first kappa shape index (κ1) is 12.1. The number of aliphatic carboxylic acids is 1. The first-order valence-electron chi connectivity index (χ1n) is 5.58. The van der Waals surface area contributed by atoms with Crippen LogP contribution in [0.5, 0.6) is 0 Å². The maximum absolute atomic E-state index is 11.8. The molecule has 0 radical (unpaired) electrons. The summed E-state index contributed by atoms with van der Waals surface area (Å²) in [6.07, 6.45) is 2.00. The molecule has 1 saturated carbocycles. The van der Waals surface area contributed by atoms with Crippen LogP contribution in [-0.2, 0) is 16.0 Å². The Balaban J connectivity index is 1.99. The van der Waals surface area contributed by atoms with E-state index in [1.807, 2.05) is 16.8 Å². The Labute approximate surface area is 104 Å². The summed E-state index contributed by atoms with van der Waals surface area (Å²) in [4.78, 5) is 23.0. The van der Waals surface area contributed by atoms with E-state index in [1.54, 1.807) is 6.92 Å². The Kier molecular flexibility index (Phi) is 3.19. The van der Waals surface area contributed by atoms with Gasteiger partial charge in [-0.15, -0.1) is 0 Å². The third-order valence-corrected chi connectivity index (χ3v) is 3.91. The molecule has 0 aromatic carbocycles. The van der Waals surface area contributed by atoms with E-state index in [0.717, 1.165) is 18.4 Å². The molecular formula is C12H15NO3S. The molecule has 1 fully saturated rings. The fraction of sp³-hybridized carbons (Fsp3) is 0.500. The van der Waals surface area contributed by atoms with Crippen molar-refractivity contribution in [2.24, 2.45) is 5.92 Å². The van der Waals surface area contributed by atoms with E-state index in [9.17, 15) is 14.7 Å². The Hall–Kier alpha value is -1.36. The summed E-state index contributed by atoms with van der Waals surface area (Å²) >= 11 is 1.53. The van der Waals surface area contributed by atoms with Crippen LogP contribution in [0.4, 0.5) is 0 Å². The molecule has 1 aromatic heterocycles. The van der Waals surface area contributed by atoms with Crippen LogP contribution in [-0.4, -0.2) is 22.5 Å². The van der Waals surface area contributed by atoms with E-state index in [4.69, 9.17) is 0 Å². The van der Waals surface area contributed by atoms with E-state index in [1.165, 1.54) is 11.3 Å². The Morgan fingerprint density at radius 3 is 2.76 bits per heavy atom. The molecule has 92 valence electrons. The number of carboxylic acid groups (broad SMARTS) is 1. The molecule has 2 rings (SSSR count). The quantitative estimate of drug-likeness (QED) is 0.838. The monoisotopic (exact) mass is 253 g/mol. The van der Waals surface area contributed by atoms with Gasteiger partial charge in [0.25, 0.3) is 0 Å². The Morgan fingerprint density at radius 2 is 2.29 bits per heavy atom. The number of carbonyl (C=O) groups excluding carboxylic acids is 1. The lowest BCUT2D eigenvalue weighted by atomic mass is 9.95. The molecule has 1 aromatic rings. The van der Waals surface area contributed by atoms with Crippen molar-refractivity contribution in [3.63, 3.8) is 0 Å². The van der Waals surface area contributed by atoms with Crippen molar-refractivity contribution < 1.29 is 14.7 Å². The molecule has 1 amide bonds. The zero-order chi connectivity index (χ0) is 12.5. The second kappa shape index (κ2) is 4.49. The fourth-order valence-corrected chi connectivity index (χ4v) is 2.57. The zero-order valence-corrected chi connectivity index (χ0v) is 10.4. The number of carbonyl (C=O) groups is 2. The number of carboxylic acids is 1. The lowest BCUT2D eigenvalue weighted by molar-refractivity contribution is -0.147. The highest BCUT2D eigenvalue weighted by Gasteiger charge is 2.48. The van der Waals surface area contributed by atoms with E-state index >= 15 is 0 Å². The van der Waals surface area contributed by atoms with Crippen molar-refractivity contribution in [2.75, 3.05) is 0 Å².